The summed E-state index contributed by atoms with van der Waals surface area (Å²) in [4.78, 5) is 15.7. The summed E-state index contributed by atoms with van der Waals surface area (Å²) < 4.78 is 2.84. The molecule has 2 heterocycles. The second kappa shape index (κ2) is 8.65. The van der Waals surface area contributed by atoms with Gasteiger partial charge in [0.25, 0.3) is 0 Å². The first-order valence-corrected chi connectivity index (χ1v) is 9.93. The number of amides is 1. The van der Waals surface area contributed by atoms with Crippen LogP contribution in [-0.4, -0.2) is 32.1 Å². The number of rotatable bonds is 7. The highest BCUT2D eigenvalue weighted by atomic mass is 35.5. The number of aryl methyl sites for hydroxylation is 1. The van der Waals surface area contributed by atoms with Gasteiger partial charge in [-0.1, -0.05) is 47.5 Å². The lowest BCUT2D eigenvalue weighted by Crippen LogP contribution is -2.33. The second-order valence-corrected chi connectivity index (χ2v) is 8.26. The SMILES string of the molecule is C=CCN(Cc1ccc(Cl)s1)C(=O)Cn1c(-c2ccc(C)cc2)n[nH]c1=S. The summed E-state index contributed by atoms with van der Waals surface area (Å²) in [5, 5.41) is 7.09. The van der Waals surface area contributed by atoms with E-state index >= 15 is 0 Å². The first-order chi connectivity index (χ1) is 13.0. The number of nitrogens with one attached hydrogen (secondary N) is 1. The van der Waals surface area contributed by atoms with Crippen molar-refractivity contribution in [3.63, 3.8) is 0 Å². The van der Waals surface area contributed by atoms with E-state index in [0.29, 0.717) is 28.0 Å². The van der Waals surface area contributed by atoms with Crippen molar-refractivity contribution < 1.29 is 4.79 Å². The lowest BCUT2D eigenvalue weighted by Gasteiger charge is -2.21. The topological polar surface area (TPSA) is 53.9 Å². The van der Waals surface area contributed by atoms with Gasteiger partial charge in [0.15, 0.2) is 10.6 Å². The van der Waals surface area contributed by atoms with E-state index in [1.165, 1.54) is 11.3 Å². The molecule has 3 aromatic rings. The molecule has 0 atom stereocenters. The van der Waals surface area contributed by atoms with Gasteiger partial charge >= 0.3 is 0 Å². The lowest BCUT2D eigenvalue weighted by molar-refractivity contribution is -0.131. The van der Waals surface area contributed by atoms with Crippen LogP contribution >= 0.6 is 35.2 Å². The maximum Gasteiger partial charge on any atom is 0.243 e. The summed E-state index contributed by atoms with van der Waals surface area (Å²) in [6, 6.07) is 11.7. The summed E-state index contributed by atoms with van der Waals surface area (Å²) in [5.74, 6) is 0.580. The molecule has 0 unspecified atom stereocenters. The van der Waals surface area contributed by atoms with Crippen LogP contribution in [0.3, 0.4) is 0 Å². The van der Waals surface area contributed by atoms with Crippen molar-refractivity contribution in [2.75, 3.05) is 6.54 Å². The summed E-state index contributed by atoms with van der Waals surface area (Å²) in [6.07, 6.45) is 1.71. The highest BCUT2D eigenvalue weighted by Crippen LogP contribution is 2.23. The van der Waals surface area contributed by atoms with E-state index in [1.54, 1.807) is 15.5 Å². The van der Waals surface area contributed by atoms with E-state index < -0.39 is 0 Å². The second-order valence-electron chi connectivity index (χ2n) is 6.07. The molecule has 8 heteroatoms. The Bertz CT molecular complexity index is 1000. The molecular weight excluding hydrogens is 400 g/mol. The number of thiophene rings is 1. The van der Waals surface area contributed by atoms with Gasteiger partial charge in [0, 0.05) is 17.0 Å². The van der Waals surface area contributed by atoms with E-state index in [0.717, 1.165) is 16.0 Å². The molecule has 0 saturated carbocycles. The minimum absolute atomic E-state index is 0.0646. The molecule has 140 valence electrons. The molecule has 3 rings (SSSR count). The molecule has 27 heavy (non-hydrogen) atoms. The van der Waals surface area contributed by atoms with Crippen LogP contribution in [0.5, 0.6) is 0 Å². The third-order valence-electron chi connectivity index (χ3n) is 4.04. The van der Waals surface area contributed by atoms with Crippen molar-refractivity contribution >= 4 is 41.1 Å². The van der Waals surface area contributed by atoms with E-state index in [4.69, 9.17) is 23.8 Å². The van der Waals surface area contributed by atoms with Crippen LogP contribution in [0.2, 0.25) is 4.34 Å². The number of H-pyrrole nitrogens is 1. The highest BCUT2D eigenvalue weighted by Gasteiger charge is 2.18. The quantitative estimate of drug-likeness (QED) is 0.441. The number of aromatic amines is 1. The standard InChI is InChI=1S/C19H19ClN4OS2/c1-3-10-23(11-15-8-9-16(20)27-15)17(25)12-24-18(21-22-19(24)26)14-6-4-13(2)5-7-14/h3-9H,1,10-12H2,2H3,(H,22,26). The summed E-state index contributed by atoms with van der Waals surface area (Å²) in [7, 11) is 0. The van der Waals surface area contributed by atoms with Gasteiger partial charge in [0.05, 0.1) is 10.9 Å². The Morgan fingerprint density at radius 1 is 1.37 bits per heavy atom. The van der Waals surface area contributed by atoms with Crippen molar-refractivity contribution in [1.29, 1.82) is 0 Å². The Morgan fingerprint density at radius 2 is 2.11 bits per heavy atom. The maximum atomic E-state index is 12.9. The average molecular weight is 419 g/mol. The Balaban J connectivity index is 1.83. The Hall–Kier alpha value is -2.22. The van der Waals surface area contributed by atoms with E-state index in [1.807, 2.05) is 43.3 Å². The molecule has 0 spiro atoms. The van der Waals surface area contributed by atoms with Crippen molar-refractivity contribution in [2.24, 2.45) is 0 Å². The van der Waals surface area contributed by atoms with Crippen LogP contribution < -0.4 is 0 Å². The van der Waals surface area contributed by atoms with Gasteiger partial charge in [-0.25, -0.2) is 0 Å². The largest absolute Gasteiger partial charge is 0.332 e. The van der Waals surface area contributed by atoms with E-state index in [-0.39, 0.29) is 12.5 Å². The van der Waals surface area contributed by atoms with Crippen molar-refractivity contribution in [2.45, 2.75) is 20.0 Å². The molecule has 0 fully saturated rings. The Morgan fingerprint density at radius 3 is 2.74 bits per heavy atom. The minimum atomic E-state index is -0.0646. The van der Waals surface area contributed by atoms with Gasteiger partial charge in [0.2, 0.25) is 5.91 Å². The third kappa shape index (κ3) is 4.74. The van der Waals surface area contributed by atoms with Crippen molar-refractivity contribution in [3.05, 3.63) is 68.6 Å². The predicted molar refractivity (Wildman–Crippen MR) is 113 cm³/mol. The van der Waals surface area contributed by atoms with Gasteiger partial charge in [-0.2, -0.15) is 5.10 Å². The number of halogens is 1. The molecule has 0 radical (unpaired) electrons. The smallest absolute Gasteiger partial charge is 0.243 e. The monoisotopic (exact) mass is 418 g/mol. The molecule has 0 aliphatic rings. The van der Waals surface area contributed by atoms with Crippen LogP contribution in [0.25, 0.3) is 11.4 Å². The van der Waals surface area contributed by atoms with Gasteiger partial charge in [-0.15, -0.1) is 17.9 Å². The molecule has 1 N–H and O–H groups in total. The van der Waals surface area contributed by atoms with Crippen LogP contribution in [0.1, 0.15) is 10.4 Å². The van der Waals surface area contributed by atoms with Crippen LogP contribution in [0.4, 0.5) is 0 Å². The fourth-order valence-electron chi connectivity index (χ4n) is 2.66. The molecule has 0 aliphatic heterocycles. The van der Waals surface area contributed by atoms with Crippen molar-refractivity contribution in [1.82, 2.24) is 19.7 Å². The first kappa shape index (κ1) is 19.5. The number of hydrogen-bond donors (Lipinski definition) is 1. The van der Waals surface area contributed by atoms with Gasteiger partial charge in [0.1, 0.15) is 6.54 Å². The van der Waals surface area contributed by atoms with Crippen LogP contribution in [-0.2, 0) is 17.9 Å². The number of hydrogen-bond acceptors (Lipinski definition) is 4. The normalized spacial score (nSPS) is 10.7. The summed E-state index contributed by atoms with van der Waals surface area (Å²) >= 11 is 12.8. The number of nitrogens with zero attached hydrogens (tertiary/aromatic N) is 3. The molecule has 5 nitrogen and oxygen atoms in total. The van der Waals surface area contributed by atoms with Crippen LogP contribution in [0, 0.1) is 11.7 Å². The number of benzene rings is 1. The van der Waals surface area contributed by atoms with E-state index in [2.05, 4.69) is 16.8 Å². The zero-order chi connectivity index (χ0) is 19.4. The molecular formula is C19H19ClN4OS2. The summed E-state index contributed by atoms with van der Waals surface area (Å²) in [5.41, 5.74) is 2.06. The van der Waals surface area contributed by atoms with Gasteiger partial charge in [-0.05, 0) is 31.3 Å². The fraction of sp³-hybridized carbons (Fsp3) is 0.211. The highest BCUT2D eigenvalue weighted by molar-refractivity contribution is 7.71. The molecule has 1 amide bonds. The molecule has 2 aromatic heterocycles. The number of carbonyl (C=O) groups excluding carboxylic acids is 1. The maximum absolute atomic E-state index is 12.9. The first-order valence-electron chi connectivity index (χ1n) is 8.33. The van der Waals surface area contributed by atoms with E-state index in [9.17, 15) is 4.79 Å². The number of aromatic nitrogens is 3. The fourth-order valence-corrected chi connectivity index (χ4v) is 3.96. The van der Waals surface area contributed by atoms with Crippen LogP contribution in [0.15, 0.2) is 49.1 Å². The Kier molecular flexibility index (Phi) is 6.26. The summed E-state index contributed by atoms with van der Waals surface area (Å²) in [6.45, 7) is 6.80. The zero-order valence-electron chi connectivity index (χ0n) is 14.8. The molecule has 0 bridgehead atoms. The lowest BCUT2D eigenvalue weighted by atomic mass is 10.1. The van der Waals surface area contributed by atoms with Gasteiger partial charge in [-0.3, -0.25) is 14.5 Å². The van der Waals surface area contributed by atoms with Crippen molar-refractivity contribution in [3.8, 4) is 11.4 Å². The molecule has 0 saturated heterocycles. The van der Waals surface area contributed by atoms with Gasteiger partial charge < -0.3 is 4.90 Å². The number of carbonyl (C=O) groups is 1. The molecule has 1 aromatic carbocycles. The third-order valence-corrected chi connectivity index (χ3v) is 5.57. The molecule has 0 aliphatic carbocycles. The minimum Gasteiger partial charge on any atom is -0.332 e. The zero-order valence-corrected chi connectivity index (χ0v) is 17.2. The average Bonchev–Trinajstić information content (AvgIpc) is 3.21. The Labute approximate surface area is 171 Å². The predicted octanol–water partition coefficient (Wildman–Crippen LogP) is 4.85.